The molecule has 0 atom stereocenters. The van der Waals surface area contributed by atoms with Gasteiger partial charge in [-0.3, -0.25) is 9.91 Å². The van der Waals surface area contributed by atoms with Gasteiger partial charge >= 0.3 is 0 Å². The molecule has 1 saturated heterocycles. The van der Waals surface area contributed by atoms with Gasteiger partial charge < -0.3 is 0 Å². The van der Waals surface area contributed by atoms with Crippen molar-refractivity contribution in [2.45, 2.75) is 13.5 Å². The summed E-state index contributed by atoms with van der Waals surface area (Å²) in [6.07, 6.45) is 1.94. The number of benzene rings is 2. The quantitative estimate of drug-likeness (QED) is 0.758. The highest BCUT2D eigenvalue weighted by atomic mass is 79.9. The first-order valence-electron chi connectivity index (χ1n) is 8.01. The van der Waals surface area contributed by atoms with Crippen LogP contribution in [-0.2, 0) is 6.54 Å². The van der Waals surface area contributed by atoms with Gasteiger partial charge in [-0.2, -0.15) is 5.10 Å². The molecule has 0 N–H and O–H groups in total. The van der Waals surface area contributed by atoms with Crippen LogP contribution in [0.15, 0.2) is 58.1 Å². The van der Waals surface area contributed by atoms with Crippen molar-refractivity contribution >= 4 is 22.1 Å². The van der Waals surface area contributed by atoms with Crippen LogP contribution in [0.5, 0.6) is 0 Å². The highest BCUT2D eigenvalue weighted by Crippen LogP contribution is 2.12. The van der Waals surface area contributed by atoms with Crippen molar-refractivity contribution < 1.29 is 0 Å². The first-order valence-corrected chi connectivity index (χ1v) is 8.81. The van der Waals surface area contributed by atoms with Gasteiger partial charge in [0.25, 0.3) is 0 Å². The molecular formula is C19H22BrN3. The van der Waals surface area contributed by atoms with Crippen molar-refractivity contribution in [1.82, 2.24) is 9.91 Å². The molecular weight excluding hydrogens is 350 g/mol. The highest BCUT2D eigenvalue weighted by Gasteiger charge is 2.15. The Balaban J connectivity index is 1.49. The summed E-state index contributed by atoms with van der Waals surface area (Å²) in [5, 5.41) is 6.77. The van der Waals surface area contributed by atoms with E-state index >= 15 is 0 Å². The lowest BCUT2D eigenvalue weighted by Crippen LogP contribution is -2.43. The Labute approximate surface area is 146 Å². The van der Waals surface area contributed by atoms with Crippen molar-refractivity contribution in [3.8, 4) is 0 Å². The van der Waals surface area contributed by atoms with E-state index in [0.717, 1.165) is 42.8 Å². The molecule has 23 heavy (non-hydrogen) atoms. The van der Waals surface area contributed by atoms with Crippen LogP contribution in [0.3, 0.4) is 0 Å². The van der Waals surface area contributed by atoms with Crippen molar-refractivity contribution in [3.05, 3.63) is 69.7 Å². The molecule has 0 aliphatic carbocycles. The summed E-state index contributed by atoms with van der Waals surface area (Å²) in [4.78, 5) is 2.50. The number of hydrogen-bond donors (Lipinski definition) is 0. The molecule has 2 aromatic carbocycles. The summed E-state index contributed by atoms with van der Waals surface area (Å²) >= 11 is 3.49. The monoisotopic (exact) mass is 371 g/mol. The van der Waals surface area contributed by atoms with Crippen LogP contribution in [0, 0.1) is 6.92 Å². The lowest BCUT2D eigenvalue weighted by molar-refractivity contribution is 0.131. The Morgan fingerprint density at radius 2 is 1.78 bits per heavy atom. The number of halogens is 1. The lowest BCUT2D eigenvalue weighted by atomic mass is 10.1. The molecule has 0 unspecified atom stereocenters. The molecule has 1 heterocycles. The molecule has 3 rings (SSSR count). The van der Waals surface area contributed by atoms with Crippen LogP contribution >= 0.6 is 15.9 Å². The van der Waals surface area contributed by atoms with Gasteiger partial charge in [-0.05, 0) is 30.2 Å². The first-order chi connectivity index (χ1) is 11.2. The number of aryl methyl sites for hydroxylation is 1. The maximum atomic E-state index is 4.61. The van der Waals surface area contributed by atoms with E-state index in [9.17, 15) is 0 Å². The Hall–Kier alpha value is -1.65. The van der Waals surface area contributed by atoms with Crippen LogP contribution in [0.1, 0.15) is 16.7 Å². The van der Waals surface area contributed by atoms with E-state index in [4.69, 9.17) is 0 Å². The third kappa shape index (κ3) is 4.91. The van der Waals surface area contributed by atoms with Gasteiger partial charge in [-0.15, -0.1) is 0 Å². The van der Waals surface area contributed by atoms with Gasteiger partial charge in [-0.25, -0.2) is 0 Å². The third-order valence-electron chi connectivity index (χ3n) is 4.09. The lowest BCUT2D eigenvalue weighted by Gasteiger charge is -2.33. The summed E-state index contributed by atoms with van der Waals surface area (Å²) in [6, 6.07) is 17.0. The van der Waals surface area contributed by atoms with Crippen LogP contribution in [0.4, 0.5) is 0 Å². The summed E-state index contributed by atoms with van der Waals surface area (Å²) in [5.41, 5.74) is 3.84. The second-order valence-corrected chi connectivity index (χ2v) is 6.93. The minimum absolute atomic E-state index is 0.983. The normalized spacial score (nSPS) is 16.2. The van der Waals surface area contributed by atoms with Crippen molar-refractivity contribution in [2.24, 2.45) is 5.10 Å². The van der Waals surface area contributed by atoms with E-state index in [2.05, 4.69) is 74.3 Å². The molecule has 1 aliphatic heterocycles. The van der Waals surface area contributed by atoms with Gasteiger partial charge in [0.15, 0.2) is 0 Å². The average Bonchev–Trinajstić information content (AvgIpc) is 2.56. The summed E-state index contributed by atoms with van der Waals surface area (Å²) < 4.78 is 1.09. The van der Waals surface area contributed by atoms with Gasteiger partial charge in [0.2, 0.25) is 0 Å². The summed E-state index contributed by atoms with van der Waals surface area (Å²) in [5.74, 6) is 0. The summed E-state index contributed by atoms with van der Waals surface area (Å²) in [7, 11) is 0. The van der Waals surface area contributed by atoms with Crippen LogP contribution in [-0.4, -0.2) is 42.3 Å². The van der Waals surface area contributed by atoms with E-state index in [1.54, 1.807) is 0 Å². The van der Waals surface area contributed by atoms with E-state index < -0.39 is 0 Å². The fourth-order valence-electron chi connectivity index (χ4n) is 2.70. The van der Waals surface area contributed by atoms with E-state index in [1.807, 2.05) is 18.3 Å². The molecule has 1 fully saturated rings. The van der Waals surface area contributed by atoms with Crippen molar-refractivity contribution in [3.63, 3.8) is 0 Å². The number of hydrogen-bond acceptors (Lipinski definition) is 3. The molecule has 1 aliphatic rings. The maximum Gasteiger partial charge on any atom is 0.0543 e. The van der Waals surface area contributed by atoms with Crippen molar-refractivity contribution in [1.29, 1.82) is 0 Å². The molecule has 0 saturated carbocycles. The predicted molar refractivity (Wildman–Crippen MR) is 99.8 cm³/mol. The van der Waals surface area contributed by atoms with Crippen LogP contribution < -0.4 is 0 Å². The zero-order valence-electron chi connectivity index (χ0n) is 13.5. The fourth-order valence-corrected chi connectivity index (χ4v) is 3.11. The SMILES string of the molecule is Cc1ccc(CN2CCN(N=Cc3cccc(Br)c3)CC2)cc1. The molecule has 0 aromatic heterocycles. The first kappa shape index (κ1) is 16.2. The number of hydrazone groups is 1. The van der Waals surface area contributed by atoms with E-state index in [1.165, 1.54) is 11.1 Å². The Kier molecular flexibility index (Phi) is 5.47. The molecule has 0 radical (unpaired) electrons. The van der Waals surface area contributed by atoms with E-state index in [0.29, 0.717) is 0 Å². The third-order valence-corrected chi connectivity index (χ3v) is 4.59. The zero-order chi connectivity index (χ0) is 16.1. The fraction of sp³-hybridized carbons (Fsp3) is 0.316. The van der Waals surface area contributed by atoms with Crippen molar-refractivity contribution in [2.75, 3.05) is 26.2 Å². The molecule has 120 valence electrons. The van der Waals surface area contributed by atoms with Gasteiger partial charge in [0.05, 0.1) is 6.21 Å². The smallest absolute Gasteiger partial charge is 0.0543 e. The number of piperazine rings is 1. The molecule has 0 bridgehead atoms. The minimum atomic E-state index is 0.983. The molecule has 2 aromatic rings. The number of nitrogens with zero attached hydrogens (tertiary/aromatic N) is 3. The van der Waals surface area contributed by atoms with E-state index in [-0.39, 0.29) is 0 Å². The molecule has 0 spiro atoms. The zero-order valence-corrected chi connectivity index (χ0v) is 15.0. The summed E-state index contributed by atoms with van der Waals surface area (Å²) in [6.45, 7) is 7.25. The molecule has 3 nitrogen and oxygen atoms in total. The van der Waals surface area contributed by atoms with Gasteiger partial charge in [0, 0.05) is 37.2 Å². The minimum Gasteiger partial charge on any atom is -0.295 e. The Morgan fingerprint density at radius 1 is 1.04 bits per heavy atom. The van der Waals surface area contributed by atoms with Crippen LogP contribution in [0.25, 0.3) is 0 Å². The Bertz CT molecular complexity index is 659. The largest absolute Gasteiger partial charge is 0.295 e. The average molecular weight is 372 g/mol. The highest BCUT2D eigenvalue weighted by molar-refractivity contribution is 9.10. The molecule has 0 amide bonds. The maximum absolute atomic E-state index is 4.61. The molecule has 4 heteroatoms. The Morgan fingerprint density at radius 3 is 2.48 bits per heavy atom. The van der Waals surface area contributed by atoms with Gasteiger partial charge in [-0.1, -0.05) is 57.9 Å². The van der Waals surface area contributed by atoms with Crippen LogP contribution in [0.2, 0.25) is 0 Å². The second-order valence-electron chi connectivity index (χ2n) is 6.01. The van der Waals surface area contributed by atoms with Gasteiger partial charge in [0.1, 0.15) is 0 Å². The predicted octanol–water partition coefficient (Wildman–Crippen LogP) is 3.91. The standard InChI is InChI=1S/C19H22BrN3/c1-16-5-7-17(8-6-16)15-22-9-11-23(12-10-22)21-14-18-3-2-4-19(20)13-18/h2-8,13-14H,9-12,15H2,1H3. The topological polar surface area (TPSA) is 18.8 Å². The second kappa shape index (κ2) is 7.75. The number of rotatable bonds is 4.